The van der Waals surface area contributed by atoms with E-state index >= 15 is 0 Å². The van der Waals surface area contributed by atoms with Crippen molar-refractivity contribution in [3.63, 3.8) is 0 Å². The predicted octanol–water partition coefficient (Wildman–Crippen LogP) is 0.848. The number of pyridine rings is 1. The highest BCUT2D eigenvalue weighted by Crippen LogP contribution is 2.06. The molecule has 0 spiro atoms. The molecule has 0 aliphatic carbocycles. The second-order valence-corrected chi connectivity index (χ2v) is 3.89. The van der Waals surface area contributed by atoms with Gasteiger partial charge in [0, 0.05) is 32.0 Å². The van der Waals surface area contributed by atoms with Gasteiger partial charge in [0.25, 0.3) is 0 Å². The third-order valence-corrected chi connectivity index (χ3v) is 2.76. The third kappa shape index (κ3) is 3.02. The van der Waals surface area contributed by atoms with Crippen LogP contribution in [0.4, 0.5) is 0 Å². The second-order valence-electron chi connectivity index (χ2n) is 3.89. The molecule has 1 saturated heterocycles. The second kappa shape index (κ2) is 5.59. The van der Waals surface area contributed by atoms with Gasteiger partial charge >= 0.3 is 0 Å². The Bertz CT molecular complexity index is 360. The molecule has 2 rings (SSSR count). The molecule has 4 nitrogen and oxygen atoms in total. The SMILES string of the molecule is N#CC1CN(CCc2ccncc2)CCO1. The lowest BCUT2D eigenvalue weighted by Gasteiger charge is -2.29. The summed E-state index contributed by atoms with van der Waals surface area (Å²) in [4.78, 5) is 6.26. The van der Waals surface area contributed by atoms with Crippen molar-refractivity contribution in [1.82, 2.24) is 9.88 Å². The first kappa shape index (κ1) is 11.1. The Morgan fingerprint density at radius 2 is 2.31 bits per heavy atom. The zero-order valence-corrected chi connectivity index (χ0v) is 9.17. The van der Waals surface area contributed by atoms with Gasteiger partial charge in [0.1, 0.15) is 0 Å². The molecule has 4 heteroatoms. The molecule has 1 aliphatic heterocycles. The summed E-state index contributed by atoms with van der Waals surface area (Å²) in [6, 6.07) is 6.22. The molecule has 0 amide bonds. The summed E-state index contributed by atoms with van der Waals surface area (Å²) >= 11 is 0. The van der Waals surface area contributed by atoms with Gasteiger partial charge in [0.15, 0.2) is 6.10 Å². The summed E-state index contributed by atoms with van der Waals surface area (Å²) in [6.45, 7) is 3.28. The molecule has 84 valence electrons. The van der Waals surface area contributed by atoms with Gasteiger partial charge in [-0.2, -0.15) is 5.26 Å². The summed E-state index contributed by atoms with van der Waals surface area (Å²) in [5.41, 5.74) is 1.29. The lowest BCUT2D eigenvalue weighted by molar-refractivity contribution is 0.00105. The van der Waals surface area contributed by atoms with E-state index in [0.717, 1.165) is 26.1 Å². The molecule has 0 saturated carbocycles. The summed E-state index contributed by atoms with van der Waals surface area (Å²) < 4.78 is 5.30. The minimum absolute atomic E-state index is 0.258. The maximum atomic E-state index is 8.78. The number of hydrogen-bond acceptors (Lipinski definition) is 4. The Kier molecular flexibility index (Phi) is 3.86. The zero-order chi connectivity index (χ0) is 11.2. The van der Waals surface area contributed by atoms with Crippen LogP contribution in [-0.2, 0) is 11.2 Å². The highest BCUT2D eigenvalue weighted by Gasteiger charge is 2.19. The zero-order valence-electron chi connectivity index (χ0n) is 9.17. The fourth-order valence-corrected chi connectivity index (χ4v) is 1.82. The van der Waals surface area contributed by atoms with Gasteiger partial charge in [-0.15, -0.1) is 0 Å². The lowest BCUT2D eigenvalue weighted by Crippen LogP contribution is -2.42. The van der Waals surface area contributed by atoms with Crippen LogP contribution in [0.1, 0.15) is 5.56 Å². The summed E-state index contributed by atoms with van der Waals surface area (Å²) in [5.74, 6) is 0. The topological polar surface area (TPSA) is 49.2 Å². The van der Waals surface area contributed by atoms with Gasteiger partial charge < -0.3 is 4.74 Å². The van der Waals surface area contributed by atoms with E-state index in [9.17, 15) is 0 Å². The number of hydrogen-bond donors (Lipinski definition) is 0. The molecule has 1 atom stereocenters. The van der Waals surface area contributed by atoms with Crippen LogP contribution in [0, 0.1) is 11.3 Å². The molecule has 1 fully saturated rings. The molecule has 0 radical (unpaired) electrons. The predicted molar refractivity (Wildman–Crippen MR) is 59.7 cm³/mol. The van der Waals surface area contributed by atoms with E-state index in [0.29, 0.717) is 6.61 Å². The molecule has 2 heterocycles. The number of aromatic nitrogens is 1. The van der Waals surface area contributed by atoms with Crippen LogP contribution in [0.25, 0.3) is 0 Å². The van der Waals surface area contributed by atoms with Gasteiger partial charge in [-0.05, 0) is 24.1 Å². The van der Waals surface area contributed by atoms with Crippen LogP contribution < -0.4 is 0 Å². The van der Waals surface area contributed by atoms with Crippen molar-refractivity contribution in [2.24, 2.45) is 0 Å². The van der Waals surface area contributed by atoms with Gasteiger partial charge in [0.05, 0.1) is 12.7 Å². The summed E-state index contributed by atoms with van der Waals surface area (Å²) in [6.07, 6.45) is 4.37. The smallest absolute Gasteiger partial charge is 0.156 e. The minimum atomic E-state index is -0.258. The Hall–Kier alpha value is -1.44. The average Bonchev–Trinajstić information content (AvgIpc) is 2.38. The van der Waals surface area contributed by atoms with Gasteiger partial charge in [-0.1, -0.05) is 0 Å². The van der Waals surface area contributed by atoms with Crippen molar-refractivity contribution in [1.29, 1.82) is 5.26 Å². The monoisotopic (exact) mass is 217 g/mol. The van der Waals surface area contributed by atoms with E-state index in [1.165, 1.54) is 5.56 Å². The molecule has 1 unspecified atom stereocenters. The van der Waals surface area contributed by atoms with E-state index in [1.807, 2.05) is 24.5 Å². The molecular weight excluding hydrogens is 202 g/mol. The maximum Gasteiger partial charge on any atom is 0.156 e. The molecule has 0 bridgehead atoms. The highest BCUT2D eigenvalue weighted by atomic mass is 16.5. The largest absolute Gasteiger partial charge is 0.361 e. The molecule has 1 aliphatic rings. The fourth-order valence-electron chi connectivity index (χ4n) is 1.82. The fraction of sp³-hybridized carbons (Fsp3) is 0.500. The van der Waals surface area contributed by atoms with E-state index in [1.54, 1.807) is 0 Å². The maximum absolute atomic E-state index is 8.78. The number of nitrogens with zero attached hydrogens (tertiary/aromatic N) is 3. The van der Waals surface area contributed by atoms with Crippen molar-refractivity contribution < 1.29 is 4.74 Å². The van der Waals surface area contributed by atoms with Crippen molar-refractivity contribution in [3.05, 3.63) is 30.1 Å². The first-order valence-corrected chi connectivity index (χ1v) is 5.51. The van der Waals surface area contributed by atoms with Crippen LogP contribution in [-0.4, -0.2) is 42.2 Å². The highest BCUT2D eigenvalue weighted by molar-refractivity contribution is 5.10. The van der Waals surface area contributed by atoms with E-state index in [2.05, 4.69) is 16.0 Å². The van der Waals surface area contributed by atoms with Crippen LogP contribution >= 0.6 is 0 Å². The first-order chi connectivity index (χ1) is 7.88. The number of ether oxygens (including phenoxy) is 1. The van der Waals surface area contributed by atoms with Crippen LogP contribution in [0.15, 0.2) is 24.5 Å². The molecular formula is C12H15N3O. The van der Waals surface area contributed by atoms with Gasteiger partial charge in [0.2, 0.25) is 0 Å². The van der Waals surface area contributed by atoms with E-state index in [4.69, 9.17) is 10.00 Å². The molecule has 1 aromatic rings. The summed E-state index contributed by atoms with van der Waals surface area (Å²) in [7, 11) is 0. The van der Waals surface area contributed by atoms with Crippen molar-refractivity contribution in [2.45, 2.75) is 12.5 Å². The number of nitriles is 1. The van der Waals surface area contributed by atoms with E-state index < -0.39 is 0 Å². The molecule has 1 aromatic heterocycles. The van der Waals surface area contributed by atoms with Crippen LogP contribution in [0.3, 0.4) is 0 Å². The van der Waals surface area contributed by atoms with Crippen LogP contribution in [0.5, 0.6) is 0 Å². The van der Waals surface area contributed by atoms with E-state index in [-0.39, 0.29) is 6.10 Å². The van der Waals surface area contributed by atoms with Gasteiger partial charge in [-0.25, -0.2) is 0 Å². The normalized spacial score (nSPS) is 21.6. The lowest BCUT2D eigenvalue weighted by atomic mass is 10.2. The van der Waals surface area contributed by atoms with Crippen molar-refractivity contribution in [3.8, 4) is 6.07 Å². The van der Waals surface area contributed by atoms with Crippen LogP contribution in [0.2, 0.25) is 0 Å². The number of rotatable bonds is 3. The Labute approximate surface area is 95.5 Å². The molecule has 0 aromatic carbocycles. The minimum Gasteiger partial charge on any atom is -0.361 e. The average molecular weight is 217 g/mol. The standard InChI is InChI=1S/C12H15N3O/c13-9-12-10-15(7-8-16-12)6-3-11-1-4-14-5-2-11/h1-2,4-5,12H,3,6-8,10H2. The Morgan fingerprint density at radius 1 is 1.50 bits per heavy atom. The first-order valence-electron chi connectivity index (χ1n) is 5.51. The summed E-state index contributed by atoms with van der Waals surface area (Å²) in [5, 5.41) is 8.78. The molecule has 16 heavy (non-hydrogen) atoms. The van der Waals surface area contributed by atoms with Crippen molar-refractivity contribution in [2.75, 3.05) is 26.2 Å². The number of morpholine rings is 1. The Morgan fingerprint density at radius 3 is 3.06 bits per heavy atom. The molecule has 0 N–H and O–H groups in total. The third-order valence-electron chi connectivity index (χ3n) is 2.76. The quantitative estimate of drug-likeness (QED) is 0.753. The van der Waals surface area contributed by atoms with Crippen molar-refractivity contribution >= 4 is 0 Å². The Balaban J connectivity index is 1.80. The van der Waals surface area contributed by atoms with Gasteiger partial charge in [-0.3, -0.25) is 9.88 Å².